The van der Waals surface area contributed by atoms with Gasteiger partial charge in [-0.05, 0) is 11.3 Å². The van der Waals surface area contributed by atoms with E-state index in [2.05, 4.69) is 9.98 Å². The first-order valence-corrected chi connectivity index (χ1v) is 5.06. The summed E-state index contributed by atoms with van der Waals surface area (Å²) in [5, 5.41) is 10.3. The van der Waals surface area contributed by atoms with Crippen LogP contribution < -0.4 is 0 Å². The summed E-state index contributed by atoms with van der Waals surface area (Å²) in [6, 6.07) is 0. The predicted molar refractivity (Wildman–Crippen MR) is 57.2 cm³/mol. The highest BCUT2D eigenvalue weighted by atomic mass is 35.6. The third-order valence-corrected chi connectivity index (χ3v) is 2.13. The molecule has 14 heavy (non-hydrogen) atoms. The Balaban J connectivity index is 2.79. The molecule has 1 aromatic rings. The molecule has 9 heteroatoms. The summed E-state index contributed by atoms with van der Waals surface area (Å²) >= 11 is 16.9. The van der Waals surface area contributed by atoms with E-state index in [1.54, 1.807) is 0 Å². The maximum absolute atomic E-state index is 10.3. The summed E-state index contributed by atoms with van der Waals surface area (Å²) in [7, 11) is 0. The van der Waals surface area contributed by atoms with E-state index >= 15 is 0 Å². The van der Waals surface area contributed by atoms with Gasteiger partial charge in [-0.1, -0.05) is 34.8 Å². The number of hydrogen-bond acceptors (Lipinski definition) is 5. The summed E-state index contributed by atoms with van der Waals surface area (Å²) in [5.41, 5.74) is 0. The normalized spacial score (nSPS) is 12.2. The van der Waals surface area contributed by atoms with Crippen molar-refractivity contribution in [1.29, 1.82) is 0 Å². The maximum Gasteiger partial charge on any atom is 0.345 e. The summed E-state index contributed by atoms with van der Waals surface area (Å²) < 4.78 is -1.62. The van der Waals surface area contributed by atoms with Gasteiger partial charge in [0.15, 0.2) is 0 Å². The lowest BCUT2D eigenvalue weighted by molar-refractivity contribution is -0.380. The Labute approximate surface area is 97.5 Å². The van der Waals surface area contributed by atoms with Crippen LogP contribution in [0.15, 0.2) is 11.2 Å². The molecule has 0 unspecified atom stereocenters. The molecular weight excluding hydrogens is 272 g/mol. The Bertz CT molecular complexity index is 373. The van der Waals surface area contributed by atoms with Crippen LogP contribution in [0.2, 0.25) is 0 Å². The van der Waals surface area contributed by atoms with E-state index in [9.17, 15) is 10.1 Å². The third-order valence-electron chi connectivity index (χ3n) is 0.983. The van der Waals surface area contributed by atoms with Gasteiger partial charge in [-0.3, -0.25) is 10.1 Å². The van der Waals surface area contributed by atoms with Gasteiger partial charge in [0.25, 0.3) is 0 Å². The van der Waals surface area contributed by atoms with Gasteiger partial charge in [0, 0.05) is 0 Å². The number of thiazole rings is 1. The van der Waals surface area contributed by atoms with Crippen molar-refractivity contribution in [3.63, 3.8) is 0 Å². The standard InChI is InChI=1S/C5H2Cl3N3O2S/c6-5(7,8)2-10-4-9-1-3(14-4)11(12)13/h1-2H. The van der Waals surface area contributed by atoms with Gasteiger partial charge in [0.1, 0.15) is 6.20 Å². The first-order valence-electron chi connectivity index (χ1n) is 3.10. The molecule has 0 fully saturated rings. The summed E-state index contributed by atoms with van der Waals surface area (Å²) in [4.78, 5) is 17.0. The molecule has 0 aliphatic heterocycles. The molecule has 76 valence electrons. The fourth-order valence-electron chi connectivity index (χ4n) is 0.529. The molecule has 5 nitrogen and oxygen atoms in total. The van der Waals surface area contributed by atoms with E-state index in [0.717, 1.165) is 23.7 Å². The average Bonchev–Trinajstić information content (AvgIpc) is 2.47. The minimum Gasteiger partial charge on any atom is -0.257 e. The molecule has 0 aliphatic rings. The molecular formula is C5H2Cl3N3O2S. The second-order valence-corrected chi connectivity index (χ2v) is 5.39. The summed E-state index contributed by atoms with van der Waals surface area (Å²) in [6.45, 7) is 0. The zero-order chi connectivity index (χ0) is 10.8. The van der Waals surface area contributed by atoms with Gasteiger partial charge in [-0.15, -0.1) is 0 Å². The molecule has 1 heterocycles. The van der Waals surface area contributed by atoms with Crippen LogP contribution in [-0.2, 0) is 0 Å². The molecule has 0 spiro atoms. The van der Waals surface area contributed by atoms with Crippen LogP contribution in [-0.4, -0.2) is 19.9 Å². The van der Waals surface area contributed by atoms with Crippen molar-refractivity contribution in [1.82, 2.24) is 4.98 Å². The largest absolute Gasteiger partial charge is 0.345 e. The number of aliphatic imine (C=N–C) groups is 1. The molecule has 0 saturated heterocycles. The van der Waals surface area contributed by atoms with Crippen molar-refractivity contribution < 1.29 is 4.92 Å². The van der Waals surface area contributed by atoms with Crippen LogP contribution in [0.25, 0.3) is 0 Å². The van der Waals surface area contributed by atoms with Gasteiger partial charge < -0.3 is 0 Å². The van der Waals surface area contributed by atoms with E-state index in [0.29, 0.717) is 0 Å². The molecule has 0 aromatic carbocycles. The molecule has 0 saturated carbocycles. The SMILES string of the molecule is O=[N+]([O-])c1cnc(N=CC(Cl)(Cl)Cl)s1. The van der Waals surface area contributed by atoms with Crippen molar-refractivity contribution in [2.75, 3.05) is 0 Å². The van der Waals surface area contributed by atoms with Crippen LogP contribution in [0.1, 0.15) is 0 Å². The van der Waals surface area contributed by atoms with Crippen molar-refractivity contribution in [3.8, 4) is 0 Å². The molecule has 0 bridgehead atoms. The Morgan fingerprint density at radius 2 is 2.29 bits per heavy atom. The van der Waals surface area contributed by atoms with Crippen LogP contribution in [0.3, 0.4) is 0 Å². The van der Waals surface area contributed by atoms with Crippen molar-refractivity contribution in [2.45, 2.75) is 3.79 Å². The summed E-state index contributed by atoms with van der Waals surface area (Å²) in [6.07, 6.45) is 2.12. The maximum atomic E-state index is 10.3. The van der Waals surface area contributed by atoms with Gasteiger partial charge in [-0.2, -0.15) is 0 Å². The van der Waals surface area contributed by atoms with Gasteiger partial charge >= 0.3 is 5.00 Å². The molecule has 1 aromatic heterocycles. The van der Waals surface area contributed by atoms with Crippen LogP contribution >= 0.6 is 46.1 Å². The third kappa shape index (κ3) is 3.75. The first kappa shape index (κ1) is 11.6. The fourth-order valence-corrected chi connectivity index (χ4v) is 1.25. The minimum absolute atomic E-state index is 0.110. The molecule has 0 radical (unpaired) electrons. The number of aromatic nitrogens is 1. The average molecular weight is 275 g/mol. The quantitative estimate of drug-likeness (QED) is 0.360. The fraction of sp³-hybridized carbons (Fsp3) is 0.200. The van der Waals surface area contributed by atoms with Crippen LogP contribution in [0.5, 0.6) is 0 Å². The van der Waals surface area contributed by atoms with Gasteiger partial charge in [-0.25, -0.2) is 9.98 Å². The highest BCUT2D eigenvalue weighted by molar-refractivity contribution is 7.18. The van der Waals surface area contributed by atoms with Crippen molar-refractivity contribution >= 4 is 62.5 Å². The van der Waals surface area contributed by atoms with E-state index in [-0.39, 0.29) is 10.1 Å². The number of nitrogens with zero attached hydrogens (tertiary/aromatic N) is 3. The lowest BCUT2D eigenvalue weighted by Gasteiger charge is -1.99. The van der Waals surface area contributed by atoms with E-state index < -0.39 is 8.72 Å². The smallest absolute Gasteiger partial charge is 0.257 e. The van der Waals surface area contributed by atoms with E-state index in [1.165, 1.54) is 0 Å². The topological polar surface area (TPSA) is 68.4 Å². The minimum atomic E-state index is -1.62. The second kappa shape index (κ2) is 4.39. The van der Waals surface area contributed by atoms with Crippen LogP contribution in [0.4, 0.5) is 10.1 Å². The molecule has 0 aliphatic carbocycles. The highest BCUT2D eigenvalue weighted by Gasteiger charge is 2.16. The first-order chi connectivity index (χ1) is 6.38. The number of rotatable bonds is 2. The lowest BCUT2D eigenvalue weighted by atomic mass is 10.8. The molecule has 0 amide bonds. The summed E-state index contributed by atoms with van der Waals surface area (Å²) in [5.74, 6) is 0. The number of halogens is 3. The van der Waals surface area contributed by atoms with Gasteiger partial charge in [0.05, 0.1) is 11.1 Å². The molecule has 1 rings (SSSR count). The monoisotopic (exact) mass is 273 g/mol. The zero-order valence-corrected chi connectivity index (χ0v) is 9.44. The highest BCUT2D eigenvalue weighted by Crippen LogP contribution is 2.29. The number of hydrogen-bond donors (Lipinski definition) is 0. The Hall–Kier alpha value is -0.430. The Morgan fingerprint density at radius 3 is 2.71 bits per heavy atom. The lowest BCUT2D eigenvalue weighted by Crippen LogP contribution is -2.01. The Morgan fingerprint density at radius 1 is 1.64 bits per heavy atom. The molecule has 0 N–H and O–H groups in total. The van der Waals surface area contributed by atoms with Gasteiger partial charge in [0.2, 0.25) is 8.92 Å². The van der Waals surface area contributed by atoms with E-state index in [1.807, 2.05) is 0 Å². The zero-order valence-electron chi connectivity index (χ0n) is 6.35. The predicted octanol–water partition coefficient (Wildman–Crippen LogP) is 3.12. The number of alkyl halides is 3. The number of nitro groups is 1. The molecule has 0 atom stereocenters. The van der Waals surface area contributed by atoms with Crippen LogP contribution in [0, 0.1) is 10.1 Å². The van der Waals surface area contributed by atoms with E-state index in [4.69, 9.17) is 34.8 Å². The Kier molecular flexibility index (Phi) is 3.65. The second-order valence-electron chi connectivity index (χ2n) is 2.04. The van der Waals surface area contributed by atoms with Crippen molar-refractivity contribution in [2.24, 2.45) is 4.99 Å². The van der Waals surface area contributed by atoms with Crippen molar-refractivity contribution in [3.05, 3.63) is 16.3 Å².